The number of aryl methyl sites for hydroxylation is 1. The van der Waals surface area contributed by atoms with Gasteiger partial charge in [-0.1, -0.05) is 13.8 Å². The summed E-state index contributed by atoms with van der Waals surface area (Å²) in [5.74, 6) is 0.500. The van der Waals surface area contributed by atoms with E-state index < -0.39 is 0 Å². The molecule has 0 fully saturated rings. The highest BCUT2D eigenvalue weighted by Crippen LogP contribution is 2.21. The van der Waals surface area contributed by atoms with E-state index in [4.69, 9.17) is 0 Å². The minimum Gasteiger partial charge on any atom is -0.318 e. The number of aromatic nitrogens is 3. The van der Waals surface area contributed by atoms with Gasteiger partial charge in [0.2, 0.25) is 0 Å². The predicted octanol–water partition coefficient (Wildman–Crippen LogP) is 2.09. The summed E-state index contributed by atoms with van der Waals surface area (Å²) >= 11 is 0. The highest BCUT2D eigenvalue weighted by molar-refractivity contribution is 5.75. The van der Waals surface area contributed by atoms with Gasteiger partial charge < -0.3 is 4.57 Å². The van der Waals surface area contributed by atoms with Crippen LogP contribution in [-0.2, 0) is 7.05 Å². The average molecular weight is 175 g/mol. The summed E-state index contributed by atoms with van der Waals surface area (Å²) in [6.45, 7) is 4.34. The summed E-state index contributed by atoms with van der Waals surface area (Å²) in [6, 6.07) is 2.04. The van der Waals surface area contributed by atoms with E-state index in [-0.39, 0.29) is 0 Å². The van der Waals surface area contributed by atoms with E-state index in [1.54, 1.807) is 0 Å². The molecule has 0 unspecified atom stereocenters. The molecule has 0 radical (unpaired) electrons. The fourth-order valence-corrected chi connectivity index (χ4v) is 1.51. The van der Waals surface area contributed by atoms with Crippen LogP contribution < -0.4 is 0 Å². The molecule has 2 aromatic heterocycles. The average Bonchev–Trinajstić information content (AvgIpc) is 2.48. The summed E-state index contributed by atoms with van der Waals surface area (Å²) in [6.07, 6.45) is 3.66. The summed E-state index contributed by atoms with van der Waals surface area (Å²) in [5.41, 5.74) is 3.26. The molecule has 0 bridgehead atoms. The molecule has 68 valence electrons. The van der Waals surface area contributed by atoms with Crippen molar-refractivity contribution in [2.24, 2.45) is 7.05 Å². The van der Waals surface area contributed by atoms with Crippen molar-refractivity contribution >= 4 is 11.2 Å². The molecule has 0 aromatic carbocycles. The first-order valence-corrected chi connectivity index (χ1v) is 4.46. The summed E-state index contributed by atoms with van der Waals surface area (Å²) in [4.78, 5) is 8.62. The second kappa shape index (κ2) is 2.83. The van der Waals surface area contributed by atoms with E-state index in [0.717, 1.165) is 11.2 Å². The summed E-state index contributed by atoms with van der Waals surface area (Å²) in [5, 5.41) is 0. The Morgan fingerprint density at radius 1 is 1.31 bits per heavy atom. The second-order valence-corrected chi connectivity index (χ2v) is 3.58. The van der Waals surface area contributed by atoms with Gasteiger partial charge in [0.1, 0.15) is 5.52 Å². The molecule has 0 saturated carbocycles. The van der Waals surface area contributed by atoms with Gasteiger partial charge >= 0.3 is 0 Å². The molecular weight excluding hydrogens is 162 g/mol. The van der Waals surface area contributed by atoms with Crippen molar-refractivity contribution in [1.29, 1.82) is 0 Å². The fraction of sp³-hybridized carbons (Fsp3) is 0.400. The molecule has 0 aliphatic carbocycles. The van der Waals surface area contributed by atoms with Crippen LogP contribution in [0.4, 0.5) is 0 Å². The zero-order valence-corrected chi connectivity index (χ0v) is 8.15. The molecular formula is C10H13N3. The normalized spacial score (nSPS) is 11.4. The third-order valence-electron chi connectivity index (χ3n) is 2.25. The number of hydrogen-bond acceptors (Lipinski definition) is 2. The molecule has 2 aromatic rings. The third kappa shape index (κ3) is 1.20. The first-order chi connectivity index (χ1) is 6.20. The van der Waals surface area contributed by atoms with Crippen LogP contribution in [0.3, 0.4) is 0 Å². The molecule has 3 heteroatoms. The van der Waals surface area contributed by atoms with E-state index in [9.17, 15) is 0 Å². The van der Waals surface area contributed by atoms with Gasteiger partial charge in [0.05, 0.1) is 6.33 Å². The number of fused-ring (bicyclic) bond motifs is 1. The molecule has 0 aliphatic rings. The highest BCUT2D eigenvalue weighted by atomic mass is 15.1. The first-order valence-electron chi connectivity index (χ1n) is 4.46. The molecule has 3 nitrogen and oxygen atoms in total. The van der Waals surface area contributed by atoms with Crippen LogP contribution in [0.5, 0.6) is 0 Å². The maximum Gasteiger partial charge on any atom is 0.159 e. The zero-order chi connectivity index (χ0) is 9.42. The molecule has 2 rings (SSSR count). The number of imidazole rings is 1. The number of nitrogens with zero attached hydrogens (tertiary/aromatic N) is 3. The Balaban J connectivity index is 2.77. The van der Waals surface area contributed by atoms with Gasteiger partial charge in [0, 0.05) is 13.2 Å². The van der Waals surface area contributed by atoms with Crippen LogP contribution in [-0.4, -0.2) is 14.5 Å². The van der Waals surface area contributed by atoms with Gasteiger partial charge in [0.25, 0.3) is 0 Å². The number of pyridine rings is 1. The van der Waals surface area contributed by atoms with Gasteiger partial charge in [-0.3, -0.25) is 0 Å². The van der Waals surface area contributed by atoms with Crippen molar-refractivity contribution in [1.82, 2.24) is 14.5 Å². The van der Waals surface area contributed by atoms with Crippen LogP contribution in [0, 0.1) is 0 Å². The lowest BCUT2D eigenvalue weighted by molar-refractivity contribution is 0.870. The quantitative estimate of drug-likeness (QED) is 0.664. The van der Waals surface area contributed by atoms with Crippen LogP contribution in [0.2, 0.25) is 0 Å². The van der Waals surface area contributed by atoms with Crippen LogP contribution in [0.15, 0.2) is 18.6 Å². The van der Waals surface area contributed by atoms with E-state index in [1.165, 1.54) is 5.56 Å². The SMILES string of the molecule is CC(C)c1ccnc2c1ncn2C. The Bertz CT molecular complexity index is 429. The molecule has 13 heavy (non-hydrogen) atoms. The molecule has 2 heterocycles. The molecule has 0 N–H and O–H groups in total. The van der Waals surface area contributed by atoms with Gasteiger partial charge in [-0.2, -0.15) is 0 Å². The number of hydrogen-bond donors (Lipinski definition) is 0. The van der Waals surface area contributed by atoms with Gasteiger partial charge in [-0.15, -0.1) is 0 Å². The monoisotopic (exact) mass is 175 g/mol. The maximum atomic E-state index is 4.34. The van der Waals surface area contributed by atoms with Crippen LogP contribution in [0.25, 0.3) is 11.2 Å². The van der Waals surface area contributed by atoms with Crippen LogP contribution >= 0.6 is 0 Å². The lowest BCUT2D eigenvalue weighted by Crippen LogP contribution is -1.92. The summed E-state index contributed by atoms with van der Waals surface area (Å²) < 4.78 is 1.95. The van der Waals surface area contributed by atoms with E-state index in [1.807, 2.05) is 30.2 Å². The zero-order valence-electron chi connectivity index (χ0n) is 8.15. The Morgan fingerprint density at radius 2 is 2.08 bits per heavy atom. The van der Waals surface area contributed by atoms with E-state index in [0.29, 0.717) is 5.92 Å². The van der Waals surface area contributed by atoms with Crippen molar-refractivity contribution in [3.05, 3.63) is 24.2 Å². The van der Waals surface area contributed by atoms with Gasteiger partial charge in [0.15, 0.2) is 5.65 Å². The lowest BCUT2D eigenvalue weighted by atomic mass is 10.0. The first kappa shape index (κ1) is 8.23. The fourth-order valence-electron chi connectivity index (χ4n) is 1.51. The van der Waals surface area contributed by atoms with E-state index >= 15 is 0 Å². The van der Waals surface area contributed by atoms with Crippen LogP contribution in [0.1, 0.15) is 25.3 Å². The van der Waals surface area contributed by atoms with Crippen molar-refractivity contribution in [3.63, 3.8) is 0 Å². The minimum absolute atomic E-state index is 0.500. The van der Waals surface area contributed by atoms with E-state index in [2.05, 4.69) is 23.8 Å². The molecule has 0 atom stereocenters. The second-order valence-electron chi connectivity index (χ2n) is 3.58. The van der Waals surface area contributed by atoms with Crippen molar-refractivity contribution < 1.29 is 0 Å². The Kier molecular flexibility index (Phi) is 1.79. The highest BCUT2D eigenvalue weighted by Gasteiger charge is 2.08. The Labute approximate surface area is 77.4 Å². The van der Waals surface area contributed by atoms with Crippen molar-refractivity contribution in [2.75, 3.05) is 0 Å². The van der Waals surface area contributed by atoms with Crippen molar-refractivity contribution in [3.8, 4) is 0 Å². The smallest absolute Gasteiger partial charge is 0.159 e. The van der Waals surface area contributed by atoms with Gasteiger partial charge in [-0.25, -0.2) is 9.97 Å². The number of rotatable bonds is 1. The third-order valence-corrected chi connectivity index (χ3v) is 2.25. The van der Waals surface area contributed by atoms with Crippen molar-refractivity contribution in [2.45, 2.75) is 19.8 Å². The Morgan fingerprint density at radius 3 is 2.77 bits per heavy atom. The molecule has 0 amide bonds. The predicted molar refractivity (Wildman–Crippen MR) is 52.6 cm³/mol. The topological polar surface area (TPSA) is 30.7 Å². The maximum absolute atomic E-state index is 4.34. The lowest BCUT2D eigenvalue weighted by Gasteiger charge is -2.04. The molecule has 0 saturated heterocycles. The summed E-state index contributed by atoms with van der Waals surface area (Å²) in [7, 11) is 1.96. The molecule has 0 aliphatic heterocycles. The molecule has 0 spiro atoms. The minimum atomic E-state index is 0.500. The Hall–Kier alpha value is -1.38. The standard InChI is InChI=1S/C10H13N3/c1-7(2)8-4-5-11-10-9(8)12-6-13(10)3/h4-7H,1-3H3. The van der Waals surface area contributed by atoms with Gasteiger partial charge in [-0.05, 0) is 17.5 Å². The largest absolute Gasteiger partial charge is 0.318 e.